The van der Waals surface area contributed by atoms with Crippen molar-refractivity contribution in [3.8, 4) is 0 Å². The Labute approximate surface area is 182 Å². The third-order valence-electron chi connectivity index (χ3n) is 5.68. The second-order valence-electron chi connectivity index (χ2n) is 7.91. The Hall–Kier alpha value is -2.54. The number of benzene rings is 1. The number of aryl methyl sites for hydroxylation is 1. The van der Waals surface area contributed by atoms with Crippen LogP contribution in [-0.2, 0) is 4.79 Å². The first kappa shape index (κ1) is 20.7. The summed E-state index contributed by atoms with van der Waals surface area (Å²) in [7, 11) is 0. The van der Waals surface area contributed by atoms with Gasteiger partial charge in [-0.2, -0.15) is 0 Å². The Bertz CT molecular complexity index is 904. The van der Waals surface area contributed by atoms with Gasteiger partial charge in [-0.1, -0.05) is 11.8 Å². The van der Waals surface area contributed by atoms with E-state index in [1.807, 2.05) is 24.0 Å². The summed E-state index contributed by atoms with van der Waals surface area (Å²) in [5, 5.41) is 3.74. The van der Waals surface area contributed by atoms with E-state index < -0.39 is 0 Å². The number of likely N-dealkylation sites (tertiary alicyclic amines) is 1. The number of amides is 2. The van der Waals surface area contributed by atoms with Crippen molar-refractivity contribution in [3.05, 3.63) is 47.7 Å². The fraction of sp³-hybridized carbons (Fsp3) is 0.435. The van der Waals surface area contributed by atoms with Crippen LogP contribution in [0.2, 0.25) is 0 Å². The van der Waals surface area contributed by atoms with Gasteiger partial charge in [-0.25, -0.2) is 4.98 Å². The Balaban J connectivity index is 1.28. The minimum absolute atomic E-state index is 0.0437. The molecule has 7 heteroatoms. The zero-order chi connectivity index (χ0) is 20.9. The number of hydrogen-bond acceptors (Lipinski definition) is 5. The highest BCUT2D eigenvalue weighted by Gasteiger charge is 2.19. The lowest BCUT2D eigenvalue weighted by Gasteiger charge is -2.19. The van der Waals surface area contributed by atoms with Crippen molar-refractivity contribution in [1.29, 1.82) is 0 Å². The van der Waals surface area contributed by atoms with Gasteiger partial charge in [0.2, 0.25) is 5.91 Å². The number of nitrogens with one attached hydrogen (secondary N) is 1. The van der Waals surface area contributed by atoms with Crippen LogP contribution in [0, 0.1) is 6.92 Å². The van der Waals surface area contributed by atoms with Crippen LogP contribution in [0.5, 0.6) is 0 Å². The van der Waals surface area contributed by atoms with E-state index in [-0.39, 0.29) is 17.6 Å². The van der Waals surface area contributed by atoms with Crippen LogP contribution in [-0.4, -0.2) is 53.6 Å². The van der Waals surface area contributed by atoms with Crippen LogP contribution in [0.3, 0.4) is 0 Å². The van der Waals surface area contributed by atoms with Crippen LogP contribution in [0.1, 0.15) is 41.6 Å². The van der Waals surface area contributed by atoms with Gasteiger partial charge in [-0.3, -0.25) is 9.59 Å². The van der Waals surface area contributed by atoms with E-state index in [1.165, 1.54) is 30.3 Å². The monoisotopic (exact) mass is 424 g/mol. The van der Waals surface area contributed by atoms with Crippen LogP contribution < -0.4 is 10.2 Å². The van der Waals surface area contributed by atoms with Gasteiger partial charge in [0.05, 0.1) is 16.3 Å². The number of rotatable bonds is 6. The Morgan fingerprint density at radius 3 is 2.43 bits per heavy atom. The molecule has 2 aromatic rings. The molecule has 2 amide bonds. The number of carbonyl (C=O) groups is 2. The molecule has 1 aromatic carbocycles. The normalized spacial score (nSPS) is 16.2. The predicted octanol–water partition coefficient (Wildman–Crippen LogP) is 3.96. The van der Waals surface area contributed by atoms with Gasteiger partial charge in [0.1, 0.15) is 0 Å². The average molecular weight is 425 g/mol. The quantitative estimate of drug-likeness (QED) is 0.711. The average Bonchev–Trinajstić information content (AvgIpc) is 3.48. The van der Waals surface area contributed by atoms with Gasteiger partial charge in [0.15, 0.2) is 0 Å². The molecular formula is C23H28N4O2S. The van der Waals surface area contributed by atoms with Crippen LogP contribution in [0.15, 0.2) is 41.6 Å². The minimum atomic E-state index is -0.0592. The number of nitrogens with zero attached hydrogens (tertiary/aromatic N) is 3. The number of pyridine rings is 1. The molecule has 2 fully saturated rings. The SMILES string of the molecule is Cc1cc(N2CCCC2)ccc1NC(=O)CSc1ccc(C(=O)N2CCCC2)cn1. The van der Waals surface area contributed by atoms with Crippen molar-refractivity contribution in [2.75, 3.05) is 42.1 Å². The summed E-state index contributed by atoms with van der Waals surface area (Å²) < 4.78 is 0. The van der Waals surface area contributed by atoms with Crippen LogP contribution in [0.4, 0.5) is 11.4 Å². The number of anilines is 2. The summed E-state index contributed by atoms with van der Waals surface area (Å²) in [5.74, 6) is 0.262. The molecule has 0 radical (unpaired) electrons. The summed E-state index contributed by atoms with van der Waals surface area (Å²) in [4.78, 5) is 33.4. The fourth-order valence-corrected chi connectivity index (χ4v) is 4.62. The van der Waals surface area contributed by atoms with E-state index in [1.54, 1.807) is 12.3 Å². The molecule has 0 atom stereocenters. The molecule has 2 aliphatic heterocycles. The molecule has 0 unspecified atom stereocenters. The summed E-state index contributed by atoms with van der Waals surface area (Å²) in [6.07, 6.45) is 6.25. The van der Waals surface area contributed by atoms with Crippen molar-refractivity contribution in [1.82, 2.24) is 9.88 Å². The topological polar surface area (TPSA) is 65.5 Å². The summed E-state index contributed by atoms with van der Waals surface area (Å²) in [5.41, 5.74) is 3.76. The predicted molar refractivity (Wildman–Crippen MR) is 121 cm³/mol. The van der Waals surface area contributed by atoms with Gasteiger partial charge in [-0.15, -0.1) is 0 Å². The Kier molecular flexibility index (Phi) is 6.57. The lowest BCUT2D eigenvalue weighted by Crippen LogP contribution is -2.27. The fourth-order valence-electron chi connectivity index (χ4n) is 3.98. The highest BCUT2D eigenvalue weighted by molar-refractivity contribution is 7.99. The molecule has 4 rings (SSSR count). The highest BCUT2D eigenvalue weighted by Crippen LogP contribution is 2.26. The number of carbonyl (C=O) groups excluding carboxylic acids is 2. The first-order chi connectivity index (χ1) is 14.6. The highest BCUT2D eigenvalue weighted by atomic mass is 32.2. The summed E-state index contributed by atoms with van der Waals surface area (Å²) in [6.45, 7) is 5.90. The van der Waals surface area contributed by atoms with E-state index in [9.17, 15) is 9.59 Å². The molecule has 0 spiro atoms. The van der Waals surface area contributed by atoms with Crippen LogP contribution >= 0.6 is 11.8 Å². The second-order valence-corrected chi connectivity index (χ2v) is 8.91. The maximum Gasteiger partial charge on any atom is 0.255 e. The van der Waals surface area contributed by atoms with E-state index in [0.29, 0.717) is 5.56 Å². The standard InChI is InChI=1S/C23H28N4O2S/c1-17-14-19(26-10-2-3-11-26)7-8-20(17)25-21(28)16-30-22-9-6-18(15-24-22)23(29)27-12-4-5-13-27/h6-9,14-15H,2-5,10-13,16H2,1H3,(H,25,28). The van der Waals surface area contributed by atoms with Crippen LogP contribution in [0.25, 0.3) is 0 Å². The lowest BCUT2D eigenvalue weighted by molar-refractivity contribution is -0.113. The van der Waals surface area contributed by atoms with Gasteiger partial charge in [0, 0.05) is 43.8 Å². The van der Waals surface area contributed by atoms with Crippen molar-refractivity contribution in [3.63, 3.8) is 0 Å². The molecule has 6 nitrogen and oxygen atoms in total. The number of thioether (sulfide) groups is 1. The molecule has 0 saturated carbocycles. The smallest absolute Gasteiger partial charge is 0.255 e. The largest absolute Gasteiger partial charge is 0.372 e. The third-order valence-corrected chi connectivity index (χ3v) is 6.63. The summed E-state index contributed by atoms with van der Waals surface area (Å²) >= 11 is 1.37. The van der Waals surface area contributed by atoms with Gasteiger partial charge >= 0.3 is 0 Å². The summed E-state index contributed by atoms with van der Waals surface area (Å²) in [6, 6.07) is 9.83. The third kappa shape index (κ3) is 4.95. The molecular weight excluding hydrogens is 396 g/mol. The molecule has 3 heterocycles. The van der Waals surface area contributed by atoms with E-state index in [4.69, 9.17) is 0 Å². The molecule has 0 aliphatic carbocycles. The molecule has 2 aliphatic rings. The van der Waals surface area contributed by atoms with Gasteiger partial charge < -0.3 is 15.1 Å². The number of aromatic nitrogens is 1. The zero-order valence-electron chi connectivity index (χ0n) is 17.4. The van der Waals surface area contributed by atoms with E-state index in [2.05, 4.69) is 27.3 Å². The van der Waals surface area contributed by atoms with Crippen molar-refractivity contribution < 1.29 is 9.59 Å². The first-order valence-electron chi connectivity index (χ1n) is 10.6. The van der Waals surface area contributed by atoms with E-state index in [0.717, 1.165) is 55.3 Å². The maximum atomic E-state index is 12.4. The first-order valence-corrected chi connectivity index (χ1v) is 11.6. The van der Waals surface area contributed by atoms with Gasteiger partial charge in [-0.05, 0) is 68.5 Å². The molecule has 0 bridgehead atoms. The molecule has 1 N–H and O–H groups in total. The van der Waals surface area contributed by atoms with Crippen molar-refractivity contribution in [2.45, 2.75) is 37.6 Å². The number of hydrogen-bond donors (Lipinski definition) is 1. The Morgan fingerprint density at radius 1 is 1.03 bits per heavy atom. The molecule has 1 aromatic heterocycles. The maximum absolute atomic E-state index is 12.4. The van der Waals surface area contributed by atoms with E-state index >= 15 is 0 Å². The Morgan fingerprint density at radius 2 is 1.77 bits per heavy atom. The lowest BCUT2D eigenvalue weighted by atomic mass is 10.1. The second kappa shape index (κ2) is 9.51. The van der Waals surface area contributed by atoms with Gasteiger partial charge in [0.25, 0.3) is 5.91 Å². The molecule has 30 heavy (non-hydrogen) atoms. The van der Waals surface area contributed by atoms with Crippen molar-refractivity contribution >= 4 is 35.0 Å². The molecule has 2 saturated heterocycles. The zero-order valence-corrected chi connectivity index (χ0v) is 18.2. The molecule has 158 valence electrons. The minimum Gasteiger partial charge on any atom is -0.372 e. The van der Waals surface area contributed by atoms with Crippen molar-refractivity contribution in [2.24, 2.45) is 0 Å².